The molecule has 0 aliphatic carbocycles. The molecule has 1 aromatic carbocycles. The van der Waals surface area contributed by atoms with Crippen molar-refractivity contribution < 1.29 is 0 Å². The summed E-state index contributed by atoms with van der Waals surface area (Å²) in [4.78, 5) is 31.2. The molecule has 0 atom stereocenters. The van der Waals surface area contributed by atoms with Crippen LogP contribution in [0, 0.1) is 0 Å². The average molecular weight is 335 g/mol. The van der Waals surface area contributed by atoms with Crippen LogP contribution in [0.3, 0.4) is 0 Å². The van der Waals surface area contributed by atoms with Crippen molar-refractivity contribution in [2.75, 3.05) is 12.1 Å². The number of nitrogens with zero attached hydrogens (tertiary/aromatic N) is 4. The number of H-pyrrole nitrogens is 1. The van der Waals surface area contributed by atoms with Gasteiger partial charge in [-0.1, -0.05) is 30.3 Å². The van der Waals surface area contributed by atoms with E-state index in [1.165, 1.54) is 11.1 Å². The van der Waals surface area contributed by atoms with E-state index >= 15 is 0 Å². The number of pyridine rings is 1. The summed E-state index contributed by atoms with van der Waals surface area (Å²) in [7, 11) is 1.66. The van der Waals surface area contributed by atoms with Gasteiger partial charge in [0.1, 0.15) is 5.82 Å². The van der Waals surface area contributed by atoms with Crippen LogP contribution in [0.25, 0.3) is 0 Å². The molecule has 2 aromatic heterocycles. The summed E-state index contributed by atoms with van der Waals surface area (Å²) in [5, 5.41) is 5.66. The van der Waals surface area contributed by atoms with Gasteiger partial charge in [-0.2, -0.15) is 5.10 Å². The Morgan fingerprint density at radius 3 is 2.56 bits per heavy atom. The van der Waals surface area contributed by atoms with Crippen molar-refractivity contribution in [1.29, 1.82) is 0 Å². The number of aromatic nitrogens is 3. The molecule has 0 radical (unpaired) electrons. The molecule has 126 valence electrons. The van der Waals surface area contributed by atoms with Gasteiger partial charge in [-0.3, -0.25) is 24.3 Å². The van der Waals surface area contributed by atoms with Crippen molar-refractivity contribution in [1.82, 2.24) is 14.5 Å². The second-order valence-corrected chi connectivity index (χ2v) is 5.42. The van der Waals surface area contributed by atoms with Crippen LogP contribution in [-0.2, 0) is 6.54 Å². The van der Waals surface area contributed by atoms with Crippen LogP contribution in [0.2, 0.25) is 0 Å². The summed E-state index contributed by atoms with van der Waals surface area (Å²) in [6.45, 7) is 0.222. The summed E-state index contributed by atoms with van der Waals surface area (Å²) in [6, 6.07) is 14.3. The molecular formula is C18H17N5O2. The number of hydrogen-bond acceptors (Lipinski definition) is 5. The van der Waals surface area contributed by atoms with Gasteiger partial charge < -0.3 is 0 Å². The van der Waals surface area contributed by atoms with Crippen LogP contribution < -0.4 is 16.3 Å². The number of aromatic amines is 1. The molecule has 0 saturated carbocycles. The zero-order valence-electron chi connectivity index (χ0n) is 13.7. The van der Waals surface area contributed by atoms with E-state index in [0.717, 1.165) is 15.7 Å². The topological polar surface area (TPSA) is 83.3 Å². The maximum Gasteiger partial charge on any atom is 0.330 e. The predicted octanol–water partition coefficient (Wildman–Crippen LogP) is 1.45. The lowest BCUT2D eigenvalue weighted by Gasteiger charge is -2.13. The third-order valence-corrected chi connectivity index (χ3v) is 3.62. The highest BCUT2D eigenvalue weighted by Gasteiger charge is 2.07. The third-order valence-electron chi connectivity index (χ3n) is 3.62. The van der Waals surface area contributed by atoms with Crippen molar-refractivity contribution in [3.05, 3.63) is 92.9 Å². The Hall–Kier alpha value is -3.48. The molecule has 1 N–H and O–H groups in total. The molecular weight excluding hydrogens is 318 g/mol. The van der Waals surface area contributed by atoms with E-state index in [4.69, 9.17) is 0 Å². The number of hydrazone groups is 1. The SMILES string of the molecule is CN(/N=C/c1ccncc1)c1cc(=O)n(Cc2ccccc2)c(=O)[nH]1. The molecule has 0 amide bonds. The highest BCUT2D eigenvalue weighted by atomic mass is 16.2. The fourth-order valence-electron chi connectivity index (χ4n) is 2.26. The third kappa shape index (κ3) is 4.08. The minimum absolute atomic E-state index is 0.222. The van der Waals surface area contributed by atoms with E-state index in [1.54, 1.807) is 37.8 Å². The zero-order valence-corrected chi connectivity index (χ0v) is 13.7. The summed E-state index contributed by atoms with van der Waals surface area (Å²) < 4.78 is 1.15. The normalized spacial score (nSPS) is 10.9. The van der Waals surface area contributed by atoms with Crippen LogP contribution >= 0.6 is 0 Å². The largest absolute Gasteiger partial charge is 0.330 e. The molecule has 0 spiro atoms. The van der Waals surface area contributed by atoms with Gasteiger partial charge in [0.15, 0.2) is 0 Å². The lowest BCUT2D eigenvalue weighted by molar-refractivity contribution is 0.695. The smallest absolute Gasteiger partial charge is 0.292 e. The first-order chi connectivity index (χ1) is 12.1. The lowest BCUT2D eigenvalue weighted by Crippen LogP contribution is -2.36. The maximum atomic E-state index is 12.3. The second kappa shape index (κ2) is 7.39. The second-order valence-electron chi connectivity index (χ2n) is 5.42. The van der Waals surface area contributed by atoms with Crippen LogP contribution in [0.15, 0.2) is 75.6 Å². The van der Waals surface area contributed by atoms with Gasteiger partial charge in [-0.15, -0.1) is 0 Å². The van der Waals surface area contributed by atoms with Gasteiger partial charge >= 0.3 is 5.69 Å². The molecule has 2 heterocycles. The minimum atomic E-state index is -0.475. The molecule has 7 nitrogen and oxygen atoms in total. The molecule has 7 heteroatoms. The zero-order chi connectivity index (χ0) is 17.6. The van der Waals surface area contributed by atoms with Crippen LogP contribution in [0.1, 0.15) is 11.1 Å². The molecule has 0 unspecified atom stereocenters. The standard InChI is InChI=1S/C18H17N5O2/c1-22(20-12-14-7-9-19-10-8-14)16-11-17(24)23(18(25)21-16)13-15-5-3-2-4-6-15/h2-12H,13H2,1H3,(H,21,25)/b20-12+. The van der Waals surface area contributed by atoms with Gasteiger partial charge in [-0.25, -0.2) is 4.79 Å². The van der Waals surface area contributed by atoms with Crippen molar-refractivity contribution in [3.8, 4) is 0 Å². The lowest BCUT2D eigenvalue weighted by atomic mass is 10.2. The van der Waals surface area contributed by atoms with E-state index in [-0.39, 0.29) is 12.1 Å². The molecule has 0 aliphatic heterocycles. The van der Waals surface area contributed by atoms with Crippen LogP contribution in [-0.4, -0.2) is 27.8 Å². The van der Waals surface area contributed by atoms with Gasteiger partial charge in [-0.05, 0) is 23.3 Å². The predicted molar refractivity (Wildman–Crippen MR) is 97.1 cm³/mol. The van der Waals surface area contributed by atoms with Gasteiger partial charge in [0.05, 0.1) is 12.8 Å². The first kappa shape index (κ1) is 16.4. The van der Waals surface area contributed by atoms with Gasteiger partial charge in [0, 0.05) is 25.5 Å². The molecule has 0 fully saturated rings. The Balaban J connectivity index is 1.83. The van der Waals surface area contributed by atoms with Crippen LogP contribution in [0.4, 0.5) is 5.82 Å². The Bertz CT molecular complexity index is 946. The van der Waals surface area contributed by atoms with Crippen molar-refractivity contribution in [2.24, 2.45) is 5.10 Å². The highest BCUT2D eigenvalue weighted by molar-refractivity contribution is 5.79. The average Bonchev–Trinajstić information content (AvgIpc) is 2.64. The maximum absolute atomic E-state index is 12.3. The summed E-state index contributed by atoms with van der Waals surface area (Å²) in [5.41, 5.74) is 0.888. The van der Waals surface area contributed by atoms with Crippen molar-refractivity contribution in [3.63, 3.8) is 0 Å². The molecule has 3 aromatic rings. The monoisotopic (exact) mass is 335 g/mol. The Morgan fingerprint density at radius 2 is 1.88 bits per heavy atom. The number of rotatable bonds is 5. The summed E-state index contributed by atoms with van der Waals surface area (Å²) >= 11 is 0. The number of anilines is 1. The number of hydrogen-bond donors (Lipinski definition) is 1. The molecule has 0 bridgehead atoms. The van der Waals surface area contributed by atoms with Crippen molar-refractivity contribution >= 4 is 12.0 Å². The Morgan fingerprint density at radius 1 is 1.16 bits per heavy atom. The number of benzene rings is 1. The van der Waals surface area contributed by atoms with E-state index in [9.17, 15) is 9.59 Å². The van der Waals surface area contributed by atoms with Crippen molar-refractivity contribution in [2.45, 2.75) is 6.54 Å². The first-order valence-electron chi connectivity index (χ1n) is 7.69. The minimum Gasteiger partial charge on any atom is -0.292 e. The van der Waals surface area contributed by atoms with E-state index in [2.05, 4.69) is 15.1 Å². The Kier molecular flexibility index (Phi) is 4.84. The van der Waals surface area contributed by atoms with E-state index < -0.39 is 5.69 Å². The number of nitrogens with one attached hydrogen (secondary N) is 1. The van der Waals surface area contributed by atoms with Gasteiger partial charge in [0.25, 0.3) is 5.56 Å². The molecule has 25 heavy (non-hydrogen) atoms. The summed E-state index contributed by atoms with van der Waals surface area (Å²) in [5.74, 6) is 0.324. The Labute approximate surface area is 143 Å². The fraction of sp³-hybridized carbons (Fsp3) is 0.111. The first-order valence-corrected chi connectivity index (χ1v) is 7.69. The van der Waals surface area contributed by atoms with Gasteiger partial charge in [0.2, 0.25) is 0 Å². The molecule has 0 saturated heterocycles. The molecule has 3 rings (SSSR count). The summed E-state index contributed by atoms with van der Waals surface area (Å²) in [6.07, 6.45) is 4.94. The fourth-order valence-corrected chi connectivity index (χ4v) is 2.26. The van der Waals surface area contributed by atoms with E-state index in [1.807, 2.05) is 30.3 Å². The van der Waals surface area contributed by atoms with E-state index in [0.29, 0.717) is 5.82 Å². The highest BCUT2D eigenvalue weighted by Crippen LogP contribution is 2.04. The van der Waals surface area contributed by atoms with Crippen LogP contribution in [0.5, 0.6) is 0 Å². The quantitative estimate of drug-likeness (QED) is 0.565. The molecule has 0 aliphatic rings.